The molecule has 0 spiro atoms. The van der Waals surface area contributed by atoms with E-state index in [4.69, 9.17) is 0 Å². The maximum atomic E-state index is 3.70. The summed E-state index contributed by atoms with van der Waals surface area (Å²) < 4.78 is 0. The SMILES string of the molecule is CCCCC(C)NC(CC)CCC. The van der Waals surface area contributed by atoms with Crippen LogP contribution in [0, 0.1) is 0 Å². The van der Waals surface area contributed by atoms with E-state index in [0.717, 1.165) is 6.04 Å². The molecule has 0 fully saturated rings. The Hall–Kier alpha value is -0.0400. The van der Waals surface area contributed by atoms with Crippen LogP contribution in [0.3, 0.4) is 0 Å². The van der Waals surface area contributed by atoms with Crippen LogP contribution in [-0.2, 0) is 0 Å². The molecule has 0 aromatic carbocycles. The molecule has 2 unspecified atom stereocenters. The smallest absolute Gasteiger partial charge is 0.00668 e. The number of hydrogen-bond acceptors (Lipinski definition) is 1. The van der Waals surface area contributed by atoms with Crippen LogP contribution in [0.15, 0.2) is 0 Å². The van der Waals surface area contributed by atoms with Gasteiger partial charge in [-0.15, -0.1) is 0 Å². The molecule has 0 radical (unpaired) electrons. The molecule has 1 heteroatoms. The van der Waals surface area contributed by atoms with E-state index in [1.54, 1.807) is 0 Å². The van der Waals surface area contributed by atoms with Crippen LogP contribution in [0.5, 0.6) is 0 Å². The van der Waals surface area contributed by atoms with Gasteiger partial charge in [0.25, 0.3) is 0 Å². The second-order valence-corrected chi connectivity index (χ2v) is 4.10. The first-order valence-electron chi connectivity index (χ1n) is 6.00. The van der Waals surface area contributed by atoms with Crippen molar-refractivity contribution in [2.24, 2.45) is 0 Å². The maximum absolute atomic E-state index is 3.70. The minimum absolute atomic E-state index is 0.705. The van der Waals surface area contributed by atoms with Crippen molar-refractivity contribution in [2.75, 3.05) is 0 Å². The van der Waals surface area contributed by atoms with Crippen molar-refractivity contribution in [2.45, 2.75) is 78.3 Å². The van der Waals surface area contributed by atoms with E-state index in [-0.39, 0.29) is 0 Å². The molecule has 1 nitrogen and oxygen atoms in total. The van der Waals surface area contributed by atoms with E-state index in [1.807, 2.05) is 0 Å². The number of hydrogen-bond donors (Lipinski definition) is 1. The highest BCUT2D eigenvalue weighted by Crippen LogP contribution is 2.06. The highest BCUT2D eigenvalue weighted by molar-refractivity contribution is 4.69. The van der Waals surface area contributed by atoms with Gasteiger partial charge in [0, 0.05) is 12.1 Å². The molecule has 0 aromatic rings. The molecule has 0 aromatic heterocycles. The first-order chi connectivity index (χ1) is 6.24. The van der Waals surface area contributed by atoms with Gasteiger partial charge in [0.05, 0.1) is 0 Å². The number of nitrogens with one attached hydrogen (secondary N) is 1. The summed E-state index contributed by atoms with van der Waals surface area (Å²) in [6, 6.07) is 1.45. The molecule has 0 aliphatic rings. The summed E-state index contributed by atoms with van der Waals surface area (Å²) in [5.41, 5.74) is 0. The zero-order chi connectivity index (χ0) is 10.1. The minimum atomic E-state index is 0.705. The normalized spacial score (nSPS) is 15.7. The van der Waals surface area contributed by atoms with Gasteiger partial charge < -0.3 is 5.32 Å². The van der Waals surface area contributed by atoms with Crippen molar-refractivity contribution in [3.05, 3.63) is 0 Å². The van der Waals surface area contributed by atoms with E-state index < -0.39 is 0 Å². The molecule has 0 bridgehead atoms. The number of unbranched alkanes of at least 4 members (excludes halogenated alkanes) is 1. The Labute approximate surface area is 84.3 Å². The van der Waals surface area contributed by atoms with E-state index in [1.165, 1.54) is 38.5 Å². The Morgan fingerprint density at radius 1 is 1.00 bits per heavy atom. The molecule has 0 heterocycles. The fraction of sp³-hybridized carbons (Fsp3) is 1.00. The van der Waals surface area contributed by atoms with Gasteiger partial charge in [-0.25, -0.2) is 0 Å². The monoisotopic (exact) mass is 185 g/mol. The second kappa shape index (κ2) is 8.55. The molecule has 80 valence electrons. The van der Waals surface area contributed by atoms with E-state index in [9.17, 15) is 0 Å². The third kappa shape index (κ3) is 7.06. The van der Waals surface area contributed by atoms with Crippen molar-refractivity contribution in [3.63, 3.8) is 0 Å². The molecular formula is C12H27N. The molecule has 0 amide bonds. The van der Waals surface area contributed by atoms with Gasteiger partial charge in [0.1, 0.15) is 0 Å². The standard InChI is InChI=1S/C12H27N/c1-5-8-10-11(4)13-12(7-3)9-6-2/h11-13H,5-10H2,1-4H3. The molecule has 0 rings (SSSR count). The summed E-state index contributed by atoms with van der Waals surface area (Å²) in [7, 11) is 0. The number of rotatable bonds is 8. The third-order valence-corrected chi connectivity index (χ3v) is 2.64. The molecule has 2 atom stereocenters. The summed E-state index contributed by atoms with van der Waals surface area (Å²) in [6.07, 6.45) is 7.90. The van der Waals surface area contributed by atoms with Gasteiger partial charge in [-0.1, -0.05) is 40.0 Å². The van der Waals surface area contributed by atoms with Crippen molar-refractivity contribution < 1.29 is 0 Å². The second-order valence-electron chi connectivity index (χ2n) is 4.10. The van der Waals surface area contributed by atoms with Gasteiger partial charge >= 0.3 is 0 Å². The zero-order valence-corrected chi connectivity index (χ0v) is 9.90. The lowest BCUT2D eigenvalue weighted by Crippen LogP contribution is -2.35. The van der Waals surface area contributed by atoms with Crippen LogP contribution in [0.2, 0.25) is 0 Å². The molecule has 0 aliphatic heterocycles. The van der Waals surface area contributed by atoms with Gasteiger partial charge in [-0.3, -0.25) is 0 Å². The fourth-order valence-electron chi connectivity index (χ4n) is 1.75. The van der Waals surface area contributed by atoms with Crippen molar-refractivity contribution in [1.82, 2.24) is 5.32 Å². The lowest BCUT2D eigenvalue weighted by Gasteiger charge is -2.21. The van der Waals surface area contributed by atoms with Crippen molar-refractivity contribution >= 4 is 0 Å². The van der Waals surface area contributed by atoms with Gasteiger partial charge in [-0.2, -0.15) is 0 Å². The van der Waals surface area contributed by atoms with Crippen LogP contribution in [-0.4, -0.2) is 12.1 Å². The summed E-state index contributed by atoms with van der Waals surface area (Å²) in [4.78, 5) is 0. The van der Waals surface area contributed by atoms with Crippen molar-refractivity contribution in [3.8, 4) is 0 Å². The summed E-state index contributed by atoms with van der Waals surface area (Å²) in [5.74, 6) is 0. The molecule has 0 aliphatic carbocycles. The summed E-state index contributed by atoms with van der Waals surface area (Å²) >= 11 is 0. The Kier molecular flexibility index (Phi) is 8.53. The third-order valence-electron chi connectivity index (χ3n) is 2.64. The van der Waals surface area contributed by atoms with Crippen molar-refractivity contribution in [1.29, 1.82) is 0 Å². The highest BCUT2D eigenvalue weighted by atomic mass is 14.9. The van der Waals surface area contributed by atoms with Crippen LogP contribution in [0.25, 0.3) is 0 Å². The summed E-state index contributed by atoms with van der Waals surface area (Å²) in [6.45, 7) is 9.12. The average Bonchev–Trinajstić information content (AvgIpc) is 2.14. The zero-order valence-electron chi connectivity index (χ0n) is 9.90. The van der Waals surface area contributed by atoms with E-state index in [0.29, 0.717) is 6.04 Å². The van der Waals surface area contributed by atoms with Crippen LogP contribution in [0.4, 0.5) is 0 Å². The molecule has 0 saturated heterocycles. The minimum Gasteiger partial charge on any atom is -0.312 e. The predicted molar refractivity (Wildman–Crippen MR) is 61.1 cm³/mol. The Bertz CT molecular complexity index is 101. The van der Waals surface area contributed by atoms with Crippen LogP contribution in [0.1, 0.15) is 66.2 Å². The Morgan fingerprint density at radius 3 is 2.15 bits per heavy atom. The fourth-order valence-corrected chi connectivity index (χ4v) is 1.75. The Morgan fingerprint density at radius 2 is 1.69 bits per heavy atom. The van der Waals surface area contributed by atoms with Crippen LogP contribution < -0.4 is 5.32 Å². The lowest BCUT2D eigenvalue weighted by atomic mass is 10.1. The maximum Gasteiger partial charge on any atom is 0.00668 e. The quantitative estimate of drug-likeness (QED) is 0.607. The largest absolute Gasteiger partial charge is 0.312 e. The summed E-state index contributed by atoms with van der Waals surface area (Å²) in [5, 5.41) is 3.70. The highest BCUT2D eigenvalue weighted by Gasteiger charge is 2.08. The predicted octanol–water partition coefficient (Wildman–Crippen LogP) is 3.73. The van der Waals surface area contributed by atoms with E-state index >= 15 is 0 Å². The molecular weight excluding hydrogens is 158 g/mol. The van der Waals surface area contributed by atoms with Crippen LogP contribution >= 0.6 is 0 Å². The molecule has 13 heavy (non-hydrogen) atoms. The molecule has 1 N–H and O–H groups in total. The van der Waals surface area contributed by atoms with Gasteiger partial charge in [0.15, 0.2) is 0 Å². The van der Waals surface area contributed by atoms with E-state index in [2.05, 4.69) is 33.0 Å². The first-order valence-corrected chi connectivity index (χ1v) is 6.00. The van der Waals surface area contributed by atoms with Gasteiger partial charge in [-0.05, 0) is 26.2 Å². The molecule has 0 saturated carbocycles. The topological polar surface area (TPSA) is 12.0 Å². The average molecular weight is 185 g/mol. The lowest BCUT2D eigenvalue weighted by molar-refractivity contribution is 0.390. The van der Waals surface area contributed by atoms with Gasteiger partial charge in [0.2, 0.25) is 0 Å². The Balaban J connectivity index is 3.53. The first kappa shape index (κ1) is 13.0.